The van der Waals surface area contributed by atoms with E-state index >= 15 is 0 Å². The highest BCUT2D eigenvalue weighted by molar-refractivity contribution is 5.10. The van der Waals surface area contributed by atoms with E-state index in [1.807, 2.05) is 13.2 Å². The molecule has 2 atom stereocenters. The zero-order chi connectivity index (χ0) is 12.2. The molecular formula is C12H22N4. The van der Waals surface area contributed by atoms with Crippen molar-refractivity contribution < 1.29 is 0 Å². The maximum Gasteiger partial charge on any atom is 0.0774 e. The molecular weight excluding hydrogens is 200 g/mol. The number of aromatic nitrogens is 2. The fourth-order valence-corrected chi connectivity index (χ4v) is 2.02. The summed E-state index contributed by atoms with van der Waals surface area (Å²) in [7, 11) is 6.17. The van der Waals surface area contributed by atoms with E-state index < -0.39 is 0 Å². The second-order valence-electron chi connectivity index (χ2n) is 4.46. The molecule has 0 saturated carbocycles. The monoisotopic (exact) mass is 222 g/mol. The maximum atomic E-state index is 4.39. The quantitative estimate of drug-likeness (QED) is 0.819. The highest BCUT2D eigenvalue weighted by Gasteiger charge is 2.35. The topological polar surface area (TPSA) is 41.1 Å². The van der Waals surface area contributed by atoms with Crippen LogP contribution in [0.5, 0.6) is 0 Å². The number of nitrogens with zero attached hydrogens (tertiary/aromatic N) is 3. The van der Waals surface area contributed by atoms with Crippen molar-refractivity contribution in [1.82, 2.24) is 20.2 Å². The van der Waals surface area contributed by atoms with E-state index in [2.05, 4.69) is 48.1 Å². The van der Waals surface area contributed by atoms with Crippen LogP contribution in [0.25, 0.3) is 0 Å². The second-order valence-corrected chi connectivity index (χ2v) is 4.46. The number of likely N-dealkylation sites (N-methyl/N-ethyl adjacent to an activating group) is 2. The van der Waals surface area contributed by atoms with Crippen molar-refractivity contribution in [3.8, 4) is 0 Å². The van der Waals surface area contributed by atoms with Crippen LogP contribution < -0.4 is 5.32 Å². The predicted octanol–water partition coefficient (Wildman–Crippen LogP) is 1.47. The summed E-state index contributed by atoms with van der Waals surface area (Å²) in [5.41, 5.74) is 1.02. The molecule has 90 valence electrons. The minimum atomic E-state index is 0.0325. The number of rotatable bonds is 5. The Morgan fingerprint density at radius 1 is 1.44 bits per heavy atom. The zero-order valence-electron chi connectivity index (χ0n) is 10.9. The Labute approximate surface area is 98.1 Å². The Balaban J connectivity index is 3.06. The van der Waals surface area contributed by atoms with Crippen molar-refractivity contribution in [1.29, 1.82) is 0 Å². The molecule has 4 heteroatoms. The fourth-order valence-electron chi connectivity index (χ4n) is 2.02. The van der Waals surface area contributed by atoms with Gasteiger partial charge in [-0.05, 0) is 34.5 Å². The van der Waals surface area contributed by atoms with Crippen molar-refractivity contribution in [3.05, 3.63) is 24.3 Å². The summed E-state index contributed by atoms with van der Waals surface area (Å²) in [6, 6.07) is 0.182. The normalized spacial score (nSPS) is 17.1. The molecule has 0 aromatic carbocycles. The molecule has 1 aromatic heterocycles. The van der Waals surface area contributed by atoms with Gasteiger partial charge in [-0.2, -0.15) is 0 Å². The van der Waals surface area contributed by atoms with Gasteiger partial charge in [0.2, 0.25) is 0 Å². The molecule has 0 aliphatic carbocycles. The third-order valence-electron chi connectivity index (χ3n) is 3.53. The minimum Gasteiger partial charge on any atom is -0.310 e. The van der Waals surface area contributed by atoms with E-state index in [4.69, 9.17) is 0 Å². The van der Waals surface area contributed by atoms with E-state index in [0.29, 0.717) is 0 Å². The summed E-state index contributed by atoms with van der Waals surface area (Å²) >= 11 is 0. The first-order chi connectivity index (χ1) is 7.56. The molecule has 1 heterocycles. The van der Waals surface area contributed by atoms with Crippen LogP contribution in [0.2, 0.25) is 0 Å². The highest BCUT2D eigenvalue weighted by atomic mass is 15.2. The highest BCUT2D eigenvalue weighted by Crippen LogP contribution is 2.30. The number of nitrogens with one attached hydrogen (secondary N) is 1. The number of hydrogen-bond donors (Lipinski definition) is 1. The van der Waals surface area contributed by atoms with Gasteiger partial charge in [-0.15, -0.1) is 0 Å². The molecule has 0 radical (unpaired) electrons. The van der Waals surface area contributed by atoms with Gasteiger partial charge in [-0.3, -0.25) is 9.97 Å². The predicted molar refractivity (Wildman–Crippen MR) is 66.2 cm³/mol. The lowest BCUT2D eigenvalue weighted by molar-refractivity contribution is 0.115. The van der Waals surface area contributed by atoms with Crippen molar-refractivity contribution in [2.75, 3.05) is 21.1 Å². The standard InChI is InChI=1S/C12H22N4/c1-6-12(2,16(4)5)11(13-3)10-9-14-7-8-15-10/h7-9,11,13H,6H2,1-5H3. The molecule has 0 bridgehead atoms. The molecule has 1 rings (SSSR count). The first-order valence-corrected chi connectivity index (χ1v) is 5.66. The van der Waals surface area contributed by atoms with E-state index in [9.17, 15) is 0 Å². The van der Waals surface area contributed by atoms with Gasteiger partial charge >= 0.3 is 0 Å². The van der Waals surface area contributed by atoms with Crippen LogP contribution in [-0.2, 0) is 0 Å². The molecule has 0 fully saturated rings. The Morgan fingerprint density at radius 3 is 2.50 bits per heavy atom. The van der Waals surface area contributed by atoms with Crippen molar-refractivity contribution in [2.45, 2.75) is 31.8 Å². The maximum absolute atomic E-state index is 4.39. The van der Waals surface area contributed by atoms with E-state index in [1.54, 1.807) is 12.4 Å². The molecule has 1 aromatic rings. The third-order valence-corrected chi connectivity index (χ3v) is 3.53. The minimum absolute atomic E-state index is 0.0325. The zero-order valence-corrected chi connectivity index (χ0v) is 10.9. The molecule has 1 N–H and O–H groups in total. The summed E-state index contributed by atoms with van der Waals surface area (Å²) in [5, 5.41) is 3.35. The summed E-state index contributed by atoms with van der Waals surface area (Å²) in [5.74, 6) is 0. The van der Waals surface area contributed by atoms with Gasteiger partial charge in [-0.25, -0.2) is 0 Å². The Bertz CT molecular complexity index is 312. The third kappa shape index (κ3) is 2.39. The summed E-state index contributed by atoms with van der Waals surface area (Å²) in [6.45, 7) is 4.43. The average Bonchev–Trinajstić information content (AvgIpc) is 2.30. The van der Waals surface area contributed by atoms with Crippen LogP contribution in [-0.4, -0.2) is 41.5 Å². The van der Waals surface area contributed by atoms with Crippen molar-refractivity contribution >= 4 is 0 Å². The van der Waals surface area contributed by atoms with E-state index in [1.165, 1.54) is 0 Å². The van der Waals surface area contributed by atoms with Gasteiger partial charge in [0.15, 0.2) is 0 Å². The smallest absolute Gasteiger partial charge is 0.0774 e. The average molecular weight is 222 g/mol. The Hall–Kier alpha value is -1.00. The van der Waals surface area contributed by atoms with Crippen LogP contribution in [0.15, 0.2) is 18.6 Å². The van der Waals surface area contributed by atoms with Crippen LogP contribution >= 0.6 is 0 Å². The summed E-state index contributed by atoms with van der Waals surface area (Å²) in [4.78, 5) is 10.8. The van der Waals surface area contributed by atoms with Gasteiger partial charge < -0.3 is 10.2 Å². The van der Waals surface area contributed by atoms with Gasteiger partial charge in [-0.1, -0.05) is 6.92 Å². The lowest BCUT2D eigenvalue weighted by atomic mass is 9.86. The largest absolute Gasteiger partial charge is 0.310 e. The lowest BCUT2D eigenvalue weighted by Crippen LogP contribution is -2.50. The Kier molecular flexibility index (Phi) is 4.38. The first kappa shape index (κ1) is 13.1. The summed E-state index contributed by atoms with van der Waals surface area (Å²) < 4.78 is 0. The van der Waals surface area contributed by atoms with E-state index in [0.717, 1.165) is 12.1 Å². The van der Waals surface area contributed by atoms with Gasteiger partial charge in [0.25, 0.3) is 0 Å². The fraction of sp³-hybridized carbons (Fsp3) is 0.667. The molecule has 0 spiro atoms. The summed E-state index contributed by atoms with van der Waals surface area (Å²) in [6.07, 6.45) is 6.32. The molecule has 4 nitrogen and oxygen atoms in total. The Morgan fingerprint density at radius 2 is 2.12 bits per heavy atom. The second kappa shape index (κ2) is 5.37. The first-order valence-electron chi connectivity index (χ1n) is 5.66. The molecule has 2 unspecified atom stereocenters. The van der Waals surface area contributed by atoms with Crippen LogP contribution in [0.4, 0.5) is 0 Å². The molecule has 0 amide bonds. The number of hydrogen-bond acceptors (Lipinski definition) is 4. The van der Waals surface area contributed by atoms with Crippen molar-refractivity contribution in [2.24, 2.45) is 0 Å². The SMILES string of the molecule is CCC(C)(C(NC)c1cnccn1)N(C)C. The van der Waals surface area contributed by atoms with Gasteiger partial charge in [0, 0.05) is 17.9 Å². The lowest BCUT2D eigenvalue weighted by Gasteiger charge is -2.42. The molecule has 16 heavy (non-hydrogen) atoms. The van der Waals surface area contributed by atoms with Gasteiger partial charge in [0.1, 0.15) is 0 Å². The molecule has 0 saturated heterocycles. The van der Waals surface area contributed by atoms with Crippen LogP contribution in [0.1, 0.15) is 32.0 Å². The van der Waals surface area contributed by atoms with Crippen molar-refractivity contribution in [3.63, 3.8) is 0 Å². The van der Waals surface area contributed by atoms with E-state index in [-0.39, 0.29) is 11.6 Å². The van der Waals surface area contributed by atoms with Crippen LogP contribution in [0.3, 0.4) is 0 Å². The molecule has 0 aliphatic heterocycles. The molecule has 0 aliphatic rings. The van der Waals surface area contributed by atoms with Gasteiger partial charge in [0.05, 0.1) is 17.9 Å². The van der Waals surface area contributed by atoms with Crippen LogP contribution in [0, 0.1) is 0 Å².